The van der Waals surface area contributed by atoms with Crippen molar-refractivity contribution in [2.45, 2.75) is 79.6 Å². The second kappa shape index (κ2) is 10.9. The molecule has 7 heteroatoms. The fourth-order valence-corrected chi connectivity index (χ4v) is 4.15. The van der Waals surface area contributed by atoms with E-state index in [1.165, 1.54) is 0 Å². The Bertz CT molecular complexity index is 1260. The Morgan fingerprint density at radius 1 is 1.00 bits per heavy atom. The van der Waals surface area contributed by atoms with E-state index in [0.717, 1.165) is 23.1 Å². The molecule has 0 amide bonds. The lowest BCUT2D eigenvalue weighted by Gasteiger charge is -2.24. The van der Waals surface area contributed by atoms with Crippen molar-refractivity contribution in [3.63, 3.8) is 0 Å². The fraction of sp³-hybridized carbons (Fsp3) is 0.433. The molecule has 37 heavy (non-hydrogen) atoms. The van der Waals surface area contributed by atoms with Gasteiger partial charge in [0.2, 0.25) is 0 Å². The Hall–Kier alpha value is -3.45. The molecule has 198 valence electrons. The van der Waals surface area contributed by atoms with Crippen molar-refractivity contribution in [2.75, 3.05) is 0 Å². The third-order valence-corrected chi connectivity index (χ3v) is 5.98. The number of aryl methyl sites for hydroxylation is 1. The third kappa shape index (κ3) is 6.66. The van der Waals surface area contributed by atoms with E-state index in [2.05, 4.69) is 4.98 Å². The molecule has 1 atom stereocenters. The first-order valence-corrected chi connectivity index (χ1v) is 12.6. The summed E-state index contributed by atoms with van der Waals surface area (Å²) in [6.07, 6.45) is 0.377. The van der Waals surface area contributed by atoms with E-state index in [1.54, 1.807) is 10.6 Å². The average Bonchev–Trinajstić information content (AvgIpc) is 3.15. The van der Waals surface area contributed by atoms with Gasteiger partial charge in [0.05, 0.1) is 5.56 Å². The average molecular weight is 507 g/mol. The molecule has 0 spiro atoms. The third-order valence-electron chi connectivity index (χ3n) is 5.98. The van der Waals surface area contributed by atoms with Gasteiger partial charge in [-0.15, -0.1) is 0 Å². The molecule has 0 saturated carbocycles. The van der Waals surface area contributed by atoms with Gasteiger partial charge in [-0.05, 0) is 55.4 Å². The molecule has 0 bridgehead atoms. The molecule has 0 aliphatic heterocycles. The quantitative estimate of drug-likeness (QED) is 0.349. The lowest BCUT2D eigenvalue weighted by Crippen LogP contribution is -2.24. The molecule has 0 aliphatic carbocycles. The number of benzene rings is 2. The van der Waals surface area contributed by atoms with Crippen LogP contribution in [0.25, 0.3) is 11.1 Å². The number of carbonyl (C=O) groups is 2. The first kappa shape index (κ1) is 28.1. The van der Waals surface area contributed by atoms with E-state index in [9.17, 15) is 19.8 Å². The van der Waals surface area contributed by atoms with Crippen LogP contribution in [0.5, 0.6) is 0 Å². The summed E-state index contributed by atoms with van der Waals surface area (Å²) in [6.45, 7) is 13.4. The van der Waals surface area contributed by atoms with Crippen molar-refractivity contribution in [3.05, 3.63) is 76.9 Å². The summed E-state index contributed by atoms with van der Waals surface area (Å²) < 4.78 is 7.27. The van der Waals surface area contributed by atoms with Crippen LogP contribution in [0, 0.1) is 5.41 Å². The highest BCUT2D eigenvalue weighted by Crippen LogP contribution is 2.35. The van der Waals surface area contributed by atoms with Crippen LogP contribution in [0.2, 0.25) is 0 Å². The molecule has 3 rings (SSSR count). The van der Waals surface area contributed by atoms with Gasteiger partial charge in [0.1, 0.15) is 23.2 Å². The van der Waals surface area contributed by atoms with Crippen LogP contribution in [0.15, 0.2) is 48.5 Å². The van der Waals surface area contributed by atoms with Crippen LogP contribution >= 0.6 is 0 Å². The molecule has 0 aliphatic rings. The van der Waals surface area contributed by atoms with Gasteiger partial charge < -0.3 is 19.5 Å². The monoisotopic (exact) mass is 506 g/mol. The highest BCUT2D eigenvalue weighted by molar-refractivity contribution is 5.97. The molecule has 1 heterocycles. The summed E-state index contributed by atoms with van der Waals surface area (Å²) in [5.74, 6) is -0.862. The summed E-state index contributed by atoms with van der Waals surface area (Å²) in [7, 11) is 0. The van der Waals surface area contributed by atoms with E-state index in [-0.39, 0.29) is 17.4 Å². The SMILES string of the molecule is CCCc1nc(C(O)C(C)(C)C)c(C(=O)O)n1Cc1ccc(-c2ccccc2C(=O)OC(C)(C)C)cc1. The zero-order valence-corrected chi connectivity index (χ0v) is 22.8. The number of carboxylic acid groups (broad SMARTS) is 1. The summed E-state index contributed by atoms with van der Waals surface area (Å²) >= 11 is 0. The molecule has 7 nitrogen and oxygen atoms in total. The van der Waals surface area contributed by atoms with Gasteiger partial charge >= 0.3 is 11.9 Å². The number of carbonyl (C=O) groups excluding carboxylic acids is 1. The number of imidazole rings is 1. The van der Waals surface area contributed by atoms with Crippen LogP contribution in [-0.4, -0.2) is 37.3 Å². The Labute approximate surface area is 219 Å². The largest absolute Gasteiger partial charge is 0.477 e. The van der Waals surface area contributed by atoms with Crippen molar-refractivity contribution in [2.24, 2.45) is 5.41 Å². The van der Waals surface area contributed by atoms with Crippen molar-refractivity contribution in [3.8, 4) is 11.1 Å². The summed E-state index contributed by atoms with van der Waals surface area (Å²) in [4.78, 5) is 29.7. The minimum absolute atomic E-state index is 0.0187. The van der Waals surface area contributed by atoms with Gasteiger partial charge in [0, 0.05) is 13.0 Å². The van der Waals surface area contributed by atoms with Crippen molar-refractivity contribution in [1.29, 1.82) is 0 Å². The number of aromatic carboxylic acids is 1. The van der Waals surface area contributed by atoms with E-state index in [0.29, 0.717) is 24.4 Å². The molecule has 0 fully saturated rings. The van der Waals surface area contributed by atoms with E-state index in [4.69, 9.17) is 4.74 Å². The molecular formula is C30H38N2O5. The number of hydrogen-bond donors (Lipinski definition) is 2. The maximum atomic E-state index is 12.8. The second-order valence-electron chi connectivity index (χ2n) is 11.4. The highest BCUT2D eigenvalue weighted by Gasteiger charge is 2.33. The second-order valence-corrected chi connectivity index (χ2v) is 11.4. The van der Waals surface area contributed by atoms with Gasteiger partial charge in [0.15, 0.2) is 5.69 Å². The number of aromatic nitrogens is 2. The summed E-state index contributed by atoms with van der Waals surface area (Å²) in [6, 6.07) is 15.0. The normalized spacial score (nSPS) is 12.9. The Kier molecular flexibility index (Phi) is 8.28. The summed E-state index contributed by atoms with van der Waals surface area (Å²) in [5, 5.41) is 20.9. The molecular weight excluding hydrogens is 468 g/mol. The lowest BCUT2D eigenvalue weighted by atomic mass is 9.86. The molecule has 0 radical (unpaired) electrons. The van der Waals surface area contributed by atoms with Gasteiger partial charge in [0.25, 0.3) is 0 Å². The topological polar surface area (TPSA) is 102 Å². The fourth-order valence-electron chi connectivity index (χ4n) is 4.15. The number of aliphatic hydroxyl groups is 1. The first-order chi connectivity index (χ1) is 17.2. The predicted molar refractivity (Wildman–Crippen MR) is 144 cm³/mol. The van der Waals surface area contributed by atoms with E-state index >= 15 is 0 Å². The maximum Gasteiger partial charge on any atom is 0.354 e. The number of hydrogen-bond acceptors (Lipinski definition) is 5. The maximum absolute atomic E-state index is 12.8. The van der Waals surface area contributed by atoms with Crippen molar-refractivity contribution >= 4 is 11.9 Å². The zero-order chi connectivity index (χ0) is 27.5. The standard InChI is InChI=1S/C30H38N2O5/c1-8-11-23-31-24(26(33)29(2,3)4)25(27(34)35)32(23)18-19-14-16-20(17-15-19)21-12-9-10-13-22(21)28(36)37-30(5,6)7/h9-10,12-17,26,33H,8,11,18H2,1-7H3,(H,34,35). The number of rotatable bonds is 8. The Morgan fingerprint density at radius 3 is 2.16 bits per heavy atom. The van der Waals surface area contributed by atoms with Gasteiger partial charge in [-0.3, -0.25) is 0 Å². The minimum Gasteiger partial charge on any atom is -0.477 e. The highest BCUT2D eigenvalue weighted by atomic mass is 16.6. The molecule has 2 aromatic carbocycles. The number of carboxylic acids is 1. The molecule has 2 N–H and O–H groups in total. The van der Waals surface area contributed by atoms with Gasteiger partial charge in [-0.25, -0.2) is 14.6 Å². The van der Waals surface area contributed by atoms with E-state index < -0.39 is 23.1 Å². The summed E-state index contributed by atoms with van der Waals surface area (Å²) in [5.41, 5.74) is 2.04. The predicted octanol–water partition coefficient (Wildman–Crippen LogP) is 6.28. The number of nitrogens with zero attached hydrogens (tertiary/aromatic N) is 2. The molecule has 3 aromatic rings. The number of aliphatic hydroxyl groups excluding tert-OH is 1. The Morgan fingerprint density at radius 2 is 1.62 bits per heavy atom. The van der Waals surface area contributed by atoms with Crippen LogP contribution in [0.1, 0.15) is 98.9 Å². The lowest BCUT2D eigenvalue weighted by molar-refractivity contribution is 0.00702. The number of esters is 1. The number of ether oxygens (including phenoxy) is 1. The van der Waals surface area contributed by atoms with Crippen LogP contribution < -0.4 is 0 Å². The first-order valence-electron chi connectivity index (χ1n) is 12.6. The Balaban J connectivity index is 1.98. The van der Waals surface area contributed by atoms with Gasteiger partial charge in [-0.1, -0.05) is 70.2 Å². The minimum atomic E-state index is -1.11. The van der Waals surface area contributed by atoms with Crippen molar-refractivity contribution < 1.29 is 24.5 Å². The van der Waals surface area contributed by atoms with Crippen LogP contribution in [0.3, 0.4) is 0 Å². The molecule has 1 unspecified atom stereocenters. The van der Waals surface area contributed by atoms with E-state index in [1.807, 2.05) is 90.9 Å². The van der Waals surface area contributed by atoms with Gasteiger partial charge in [-0.2, -0.15) is 0 Å². The zero-order valence-electron chi connectivity index (χ0n) is 22.8. The molecule has 1 aromatic heterocycles. The smallest absolute Gasteiger partial charge is 0.354 e. The van der Waals surface area contributed by atoms with Crippen molar-refractivity contribution in [1.82, 2.24) is 9.55 Å². The molecule has 0 saturated heterocycles. The van der Waals surface area contributed by atoms with Crippen LogP contribution in [0.4, 0.5) is 0 Å². The van der Waals surface area contributed by atoms with Crippen LogP contribution in [-0.2, 0) is 17.7 Å².